The molecular formula is C12H11N7O. The zero-order valence-electron chi connectivity index (χ0n) is 10.4. The van der Waals surface area contributed by atoms with E-state index in [2.05, 4.69) is 30.4 Å². The molecule has 0 fully saturated rings. The van der Waals surface area contributed by atoms with Crippen molar-refractivity contribution in [2.45, 2.75) is 6.54 Å². The molecular weight excluding hydrogens is 258 g/mol. The number of carbonyl (C=O) groups excluding carboxylic acids is 1. The molecule has 0 aliphatic carbocycles. The molecule has 0 aromatic carbocycles. The predicted octanol–water partition coefficient (Wildman–Crippen LogP) is 0.315. The molecule has 3 heterocycles. The van der Waals surface area contributed by atoms with Crippen LogP contribution in [-0.4, -0.2) is 35.6 Å². The summed E-state index contributed by atoms with van der Waals surface area (Å²) >= 11 is 0. The number of aromatic amines is 1. The van der Waals surface area contributed by atoms with E-state index in [9.17, 15) is 4.79 Å². The summed E-state index contributed by atoms with van der Waals surface area (Å²) in [7, 11) is 0. The maximum Gasteiger partial charge on any atom is 0.253 e. The highest BCUT2D eigenvalue weighted by molar-refractivity contribution is 5.93. The molecule has 20 heavy (non-hydrogen) atoms. The highest BCUT2D eigenvalue weighted by Gasteiger charge is 2.07. The van der Waals surface area contributed by atoms with E-state index in [4.69, 9.17) is 0 Å². The van der Waals surface area contributed by atoms with Gasteiger partial charge in [-0.25, -0.2) is 19.6 Å². The van der Waals surface area contributed by atoms with Crippen LogP contribution in [0, 0.1) is 0 Å². The molecule has 0 saturated heterocycles. The number of imidazole rings is 1. The Morgan fingerprint density at radius 3 is 2.90 bits per heavy atom. The van der Waals surface area contributed by atoms with Gasteiger partial charge in [-0.1, -0.05) is 0 Å². The molecule has 0 radical (unpaired) electrons. The summed E-state index contributed by atoms with van der Waals surface area (Å²) in [5, 5.41) is 6.73. The van der Waals surface area contributed by atoms with Crippen LogP contribution in [0.4, 0.5) is 0 Å². The molecule has 0 atom stereocenters. The molecule has 3 rings (SSSR count). The smallest absolute Gasteiger partial charge is 0.253 e. The number of nitrogens with one attached hydrogen (secondary N) is 2. The van der Waals surface area contributed by atoms with Crippen LogP contribution >= 0.6 is 0 Å². The Morgan fingerprint density at radius 1 is 1.30 bits per heavy atom. The molecule has 0 saturated carbocycles. The summed E-state index contributed by atoms with van der Waals surface area (Å²) in [6.07, 6.45) is 7.69. The largest absolute Gasteiger partial charge is 0.347 e. The Morgan fingerprint density at radius 2 is 2.25 bits per heavy atom. The molecule has 3 aromatic rings. The van der Waals surface area contributed by atoms with Gasteiger partial charge < -0.3 is 10.3 Å². The molecule has 1 amide bonds. The van der Waals surface area contributed by atoms with Crippen molar-refractivity contribution in [3.8, 4) is 5.82 Å². The molecule has 0 aliphatic heterocycles. The highest BCUT2D eigenvalue weighted by Crippen LogP contribution is 2.04. The van der Waals surface area contributed by atoms with Gasteiger partial charge >= 0.3 is 0 Å². The number of pyridine rings is 1. The van der Waals surface area contributed by atoms with Crippen molar-refractivity contribution in [3.05, 3.63) is 54.8 Å². The number of amides is 1. The SMILES string of the molecule is O=C(NCc1cnc[nH]1)c1ccc(-n2cncn2)nc1. The zero-order valence-corrected chi connectivity index (χ0v) is 10.4. The molecule has 0 unspecified atom stereocenters. The number of hydrogen-bond donors (Lipinski definition) is 2. The van der Waals surface area contributed by atoms with E-state index in [0.29, 0.717) is 17.9 Å². The topological polar surface area (TPSA) is 101 Å². The maximum atomic E-state index is 11.9. The van der Waals surface area contributed by atoms with Crippen LogP contribution in [0.2, 0.25) is 0 Å². The number of rotatable bonds is 4. The first-order chi connectivity index (χ1) is 9.83. The molecule has 0 spiro atoms. The second-order valence-electron chi connectivity index (χ2n) is 4.00. The van der Waals surface area contributed by atoms with Crippen molar-refractivity contribution in [2.24, 2.45) is 0 Å². The lowest BCUT2D eigenvalue weighted by atomic mass is 10.2. The fourth-order valence-corrected chi connectivity index (χ4v) is 1.64. The minimum Gasteiger partial charge on any atom is -0.347 e. The van der Waals surface area contributed by atoms with E-state index < -0.39 is 0 Å². The summed E-state index contributed by atoms with van der Waals surface area (Å²) in [5.41, 5.74) is 1.32. The van der Waals surface area contributed by atoms with Gasteiger partial charge in [-0.2, -0.15) is 5.10 Å². The Labute approximate surface area is 113 Å². The summed E-state index contributed by atoms with van der Waals surface area (Å²) in [6, 6.07) is 3.39. The number of hydrogen-bond acceptors (Lipinski definition) is 5. The van der Waals surface area contributed by atoms with Crippen molar-refractivity contribution in [2.75, 3.05) is 0 Å². The van der Waals surface area contributed by atoms with Crippen molar-refractivity contribution >= 4 is 5.91 Å². The minimum absolute atomic E-state index is 0.197. The predicted molar refractivity (Wildman–Crippen MR) is 68.9 cm³/mol. The van der Waals surface area contributed by atoms with Gasteiger partial charge in [0, 0.05) is 12.4 Å². The van der Waals surface area contributed by atoms with Gasteiger partial charge in [0.15, 0.2) is 5.82 Å². The highest BCUT2D eigenvalue weighted by atomic mass is 16.1. The summed E-state index contributed by atoms with van der Waals surface area (Å²) < 4.78 is 1.52. The summed E-state index contributed by atoms with van der Waals surface area (Å²) in [6.45, 7) is 0.393. The lowest BCUT2D eigenvalue weighted by molar-refractivity contribution is 0.0950. The van der Waals surface area contributed by atoms with E-state index in [1.807, 2.05) is 0 Å². The van der Waals surface area contributed by atoms with Crippen molar-refractivity contribution in [1.29, 1.82) is 0 Å². The van der Waals surface area contributed by atoms with Crippen LogP contribution in [0.15, 0.2) is 43.5 Å². The lowest BCUT2D eigenvalue weighted by Crippen LogP contribution is -2.23. The van der Waals surface area contributed by atoms with Crippen molar-refractivity contribution in [3.63, 3.8) is 0 Å². The Balaban J connectivity index is 1.66. The van der Waals surface area contributed by atoms with Crippen LogP contribution in [0.5, 0.6) is 0 Å². The third-order valence-corrected chi connectivity index (χ3v) is 2.66. The van der Waals surface area contributed by atoms with Gasteiger partial charge in [0.25, 0.3) is 5.91 Å². The number of carbonyl (C=O) groups is 1. The van der Waals surface area contributed by atoms with E-state index in [1.165, 1.54) is 17.2 Å². The third kappa shape index (κ3) is 2.53. The Kier molecular flexibility index (Phi) is 3.19. The molecule has 8 nitrogen and oxygen atoms in total. The quantitative estimate of drug-likeness (QED) is 0.710. The molecule has 0 aliphatic rings. The second kappa shape index (κ2) is 5.31. The van der Waals surface area contributed by atoms with Crippen LogP contribution in [-0.2, 0) is 6.54 Å². The normalized spacial score (nSPS) is 10.4. The van der Waals surface area contributed by atoms with Gasteiger partial charge in [0.05, 0.1) is 24.1 Å². The standard InChI is InChI=1S/C12H11N7O/c20-12(16-5-10-4-13-6-17-10)9-1-2-11(15-3-9)19-8-14-7-18-19/h1-4,6-8H,5H2,(H,13,17)(H,16,20). The zero-order chi connectivity index (χ0) is 13.8. The van der Waals surface area contributed by atoms with Gasteiger partial charge in [-0.3, -0.25) is 4.79 Å². The third-order valence-electron chi connectivity index (χ3n) is 2.66. The maximum absolute atomic E-state index is 11.9. The minimum atomic E-state index is -0.197. The molecule has 100 valence electrons. The first kappa shape index (κ1) is 12.0. The monoisotopic (exact) mass is 269 g/mol. The lowest BCUT2D eigenvalue weighted by Gasteiger charge is -2.04. The van der Waals surface area contributed by atoms with Gasteiger partial charge in [-0.05, 0) is 12.1 Å². The van der Waals surface area contributed by atoms with Crippen LogP contribution < -0.4 is 5.32 Å². The Hall–Kier alpha value is -3.03. The molecule has 2 N–H and O–H groups in total. The second-order valence-corrected chi connectivity index (χ2v) is 4.00. The first-order valence-electron chi connectivity index (χ1n) is 5.89. The fourth-order valence-electron chi connectivity index (χ4n) is 1.64. The average molecular weight is 269 g/mol. The van der Waals surface area contributed by atoms with E-state index in [1.54, 1.807) is 31.0 Å². The van der Waals surface area contributed by atoms with Gasteiger partial charge in [-0.15, -0.1) is 0 Å². The van der Waals surface area contributed by atoms with Crippen molar-refractivity contribution < 1.29 is 4.79 Å². The first-order valence-corrected chi connectivity index (χ1v) is 5.89. The van der Waals surface area contributed by atoms with E-state index in [0.717, 1.165) is 5.69 Å². The summed E-state index contributed by atoms with van der Waals surface area (Å²) in [4.78, 5) is 26.7. The van der Waals surface area contributed by atoms with Crippen molar-refractivity contribution in [1.82, 2.24) is 35.0 Å². The Bertz CT molecular complexity index is 673. The number of H-pyrrole nitrogens is 1. The van der Waals surface area contributed by atoms with Crippen LogP contribution in [0.1, 0.15) is 16.1 Å². The fraction of sp³-hybridized carbons (Fsp3) is 0.0833. The van der Waals surface area contributed by atoms with Crippen LogP contribution in [0.3, 0.4) is 0 Å². The molecule has 0 bridgehead atoms. The van der Waals surface area contributed by atoms with Gasteiger partial charge in [0.2, 0.25) is 0 Å². The van der Waals surface area contributed by atoms with Crippen LogP contribution in [0.25, 0.3) is 5.82 Å². The number of aromatic nitrogens is 6. The summed E-state index contributed by atoms with van der Waals surface area (Å²) in [5.74, 6) is 0.407. The van der Waals surface area contributed by atoms with Gasteiger partial charge in [0.1, 0.15) is 12.7 Å². The number of nitrogens with zero attached hydrogens (tertiary/aromatic N) is 5. The van der Waals surface area contributed by atoms with E-state index in [-0.39, 0.29) is 5.91 Å². The molecule has 3 aromatic heterocycles. The van der Waals surface area contributed by atoms with E-state index >= 15 is 0 Å². The average Bonchev–Trinajstić information content (AvgIpc) is 3.18. The molecule has 8 heteroatoms.